The number of para-hydroxylation sites is 1. The van der Waals surface area contributed by atoms with E-state index in [1.165, 1.54) is 18.5 Å². The summed E-state index contributed by atoms with van der Waals surface area (Å²) in [5.41, 5.74) is 5.73. The molecule has 0 saturated heterocycles. The van der Waals surface area contributed by atoms with Crippen molar-refractivity contribution in [2.45, 2.75) is 0 Å². The zero-order valence-corrected chi connectivity index (χ0v) is 11.5. The van der Waals surface area contributed by atoms with Crippen LogP contribution in [-0.4, -0.2) is 34.0 Å². The Morgan fingerprint density at radius 3 is 2.50 bits per heavy atom. The Bertz CT molecular complexity index is 659. The summed E-state index contributed by atoms with van der Waals surface area (Å²) < 4.78 is 0. The number of carbonyl (C=O) groups excluding carboxylic acids is 1. The number of rotatable bonds is 4. The number of aromatic nitrogens is 1. The first kappa shape index (κ1) is 16.8. The van der Waals surface area contributed by atoms with Gasteiger partial charge in [-0.1, -0.05) is 18.2 Å². The maximum Gasteiger partial charge on any atom is 0.355 e. The van der Waals surface area contributed by atoms with Crippen LogP contribution in [0.4, 0.5) is 4.79 Å². The molecule has 0 aliphatic carbocycles. The van der Waals surface area contributed by atoms with E-state index >= 15 is 0 Å². The minimum atomic E-state index is -0.596. The molecular weight excluding hydrogens is 286 g/mol. The molecule has 1 heterocycles. The van der Waals surface area contributed by atoms with Gasteiger partial charge in [0.2, 0.25) is 0 Å². The summed E-state index contributed by atoms with van der Waals surface area (Å²) in [5.74, 6) is 0.0815. The van der Waals surface area contributed by atoms with Gasteiger partial charge in [-0.2, -0.15) is 10.2 Å². The van der Waals surface area contributed by atoms with Crippen molar-refractivity contribution in [3.05, 3.63) is 59.9 Å². The van der Waals surface area contributed by atoms with E-state index in [-0.39, 0.29) is 11.2 Å². The summed E-state index contributed by atoms with van der Waals surface area (Å²) in [6.45, 7) is 0. The Hall–Kier alpha value is -3.26. The van der Waals surface area contributed by atoms with E-state index in [4.69, 9.17) is 0 Å². The minimum absolute atomic E-state index is 0. The van der Waals surface area contributed by atoms with Crippen LogP contribution in [0.15, 0.2) is 59.0 Å². The molecule has 0 aliphatic heterocycles. The van der Waals surface area contributed by atoms with Gasteiger partial charge in [0.15, 0.2) is 0 Å². The quantitative estimate of drug-likeness (QED) is 0.565. The van der Waals surface area contributed by atoms with Crippen LogP contribution in [-0.2, 0) is 0 Å². The third kappa shape index (κ3) is 5.39. The zero-order valence-electron chi connectivity index (χ0n) is 11.5. The maximum absolute atomic E-state index is 11.4. The second kappa shape index (κ2) is 8.82. The molecule has 0 atom stereocenters. The highest BCUT2D eigenvalue weighted by atomic mass is 16.3. The second-order valence-corrected chi connectivity index (χ2v) is 3.91. The fraction of sp³-hybridized carbons (Fsp3) is 0. The van der Waals surface area contributed by atoms with Crippen molar-refractivity contribution in [3.63, 3.8) is 0 Å². The summed E-state index contributed by atoms with van der Waals surface area (Å²) in [7, 11) is 0. The molecule has 0 saturated carbocycles. The smallest absolute Gasteiger partial charge is 0.355 e. The molecule has 0 bridgehead atoms. The first-order chi connectivity index (χ1) is 10.3. The number of phenolic OH excluding ortho intramolecular Hbond substituents is 1. The Balaban J connectivity index is 0.00000242. The average Bonchev–Trinajstić information content (AvgIpc) is 2.50. The lowest BCUT2D eigenvalue weighted by atomic mass is 10.2. The van der Waals surface area contributed by atoms with Crippen LogP contribution in [0, 0.1) is 0 Å². The van der Waals surface area contributed by atoms with Crippen LogP contribution in [0.2, 0.25) is 0 Å². The van der Waals surface area contributed by atoms with Gasteiger partial charge in [-0.25, -0.2) is 15.6 Å². The highest BCUT2D eigenvalue weighted by molar-refractivity contribution is 5.85. The van der Waals surface area contributed by atoms with Gasteiger partial charge in [-0.3, -0.25) is 4.98 Å². The monoisotopic (exact) mass is 301 g/mol. The van der Waals surface area contributed by atoms with Gasteiger partial charge in [0.05, 0.1) is 12.4 Å². The van der Waals surface area contributed by atoms with Gasteiger partial charge < -0.3 is 10.6 Å². The molecule has 2 amide bonds. The third-order valence-electron chi connectivity index (χ3n) is 2.37. The highest BCUT2D eigenvalue weighted by Crippen LogP contribution is 2.12. The number of hydrogen-bond donors (Lipinski definition) is 3. The van der Waals surface area contributed by atoms with E-state index in [0.717, 1.165) is 5.56 Å². The van der Waals surface area contributed by atoms with Crippen LogP contribution in [0.3, 0.4) is 0 Å². The largest absolute Gasteiger partial charge is 0.507 e. The summed E-state index contributed by atoms with van der Waals surface area (Å²) in [5, 5.41) is 16.9. The molecule has 0 fully saturated rings. The molecule has 114 valence electrons. The van der Waals surface area contributed by atoms with Crippen molar-refractivity contribution in [2.75, 3.05) is 0 Å². The third-order valence-corrected chi connectivity index (χ3v) is 2.37. The summed E-state index contributed by atoms with van der Waals surface area (Å²) >= 11 is 0. The molecular formula is C14H15N5O3. The van der Waals surface area contributed by atoms with E-state index in [0.29, 0.717) is 5.56 Å². The SMILES string of the molecule is O.O=C(N/N=C/c1cccnc1)N/N=C/c1ccccc1O. The van der Waals surface area contributed by atoms with Gasteiger partial charge >= 0.3 is 6.03 Å². The molecule has 2 aromatic rings. The van der Waals surface area contributed by atoms with Crippen LogP contribution in [0.1, 0.15) is 11.1 Å². The number of carbonyl (C=O) groups is 1. The minimum Gasteiger partial charge on any atom is -0.507 e. The van der Waals surface area contributed by atoms with Crippen molar-refractivity contribution >= 4 is 18.5 Å². The van der Waals surface area contributed by atoms with Crippen molar-refractivity contribution in [1.82, 2.24) is 15.8 Å². The molecule has 0 aliphatic rings. The summed E-state index contributed by atoms with van der Waals surface area (Å²) in [6.07, 6.45) is 6.05. The fourth-order valence-electron chi connectivity index (χ4n) is 1.40. The number of aromatic hydroxyl groups is 1. The lowest BCUT2D eigenvalue weighted by molar-refractivity contribution is 0.242. The lowest BCUT2D eigenvalue weighted by Crippen LogP contribution is -2.28. The van der Waals surface area contributed by atoms with Crippen molar-refractivity contribution in [1.29, 1.82) is 0 Å². The van der Waals surface area contributed by atoms with Gasteiger partial charge in [0.25, 0.3) is 0 Å². The van der Waals surface area contributed by atoms with Gasteiger partial charge in [-0.15, -0.1) is 0 Å². The Kier molecular flexibility index (Phi) is 6.73. The zero-order chi connectivity index (χ0) is 14.9. The van der Waals surface area contributed by atoms with E-state index in [1.54, 1.807) is 42.7 Å². The number of benzene rings is 1. The van der Waals surface area contributed by atoms with Gasteiger partial charge in [-0.05, 0) is 18.2 Å². The van der Waals surface area contributed by atoms with E-state index in [1.807, 2.05) is 0 Å². The fourth-order valence-corrected chi connectivity index (χ4v) is 1.40. The second-order valence-electron chi connectivity index (χ2n) is 3.91. The first-order valence-electron chi connectivity index (χ1n) is 6.06. The number of nitrogens with zero attached hydrogens (tertiary/aromatic N) is 3. The van der Waals surface area contributed by atoms with Crippen molar-refractivity contribution < 1.29 is 15.4 Å². The first-order valence-corrected chi connectivity index (χ1v) is 6.06. The standard InChI is InChI=1S/C14H13N5O2.H2O/c20-13-6-2-1-5-12(13)10-17-19-14(21)18-16-9-11-4-3-7-15-8-11;/h1-10,20H,(H2,18,19,21);1H2/b16-9+,17-10+;. The Morgan fingerprint density at radius 2 is 1.82 bits per heavy atom. The molecule has 0 spiro atoms. The van der Waals surface area contributed by atoms with Crippen LogP contribution in [0.5, 0.6) is 5.75 Å². The molecule has 22 heavy (non-hydrogen) atoms. The van der Waals surface area contributed by atoms with Gasteiger partial charge in [0, 0.05) is 23.5 Å². The van der Waals surface area contributed by atoms with E-state index in [9.17, 15) is 9.90 Å². The topological polar surface area (TPSA) is 130 Å². The lowest BCUT2D eigenvalue weighted by Gasteiger charge is -1.99. The number of urea groups is 1. The normalized spacial score (nSPS) is 10.4. The average molecular weight is 301 g/mol. The van der Waals surface area contributed by atoms with E-state index in [2.05, 4.69) is 26.0 Å². The molecule has 0 unspecified atom stereocenters. The number of pyridine rings is 1. The predicted molar refractivity (Wildman–Crippen MR) is 82.8 cm³/mol. The molecule has 8 heteroatoms. The molecule has 1 aromatic heterocycles. The van der Waals surface area contributed by atoms with Gasteiger partial charge in [0.1, 0.15) is 5.75 Å². The number of amides is 2. The van der Waals surface area contributed by atoms with Crippen molar-refractivity contribution in [2.24, 2.45) is 10.2 Å². The van der Waals surface area contributed by atoms with Crippen LogP contribution in [0.25, 0.3) is 0 Å². The number of nitrogens with one attached hydrogen (secondary N) is 2. The predicted octanol–water partition coefficient (Wildman–Crippen LogP) is 0.630. The molecule has 5 N–H and O–H groups in total. The molecule has 0 radical (unpaired) electrons. The molecule has 1 aromatic carbocycles. The number of hydrazone groups is 2. The molecule has 2 rings (SSSR count). The molecule has 8 nitrogen and oxygen atoms in total. The summed E-state index contributed by atoms with van der Waals surface area (Å²) in [4.78, 5) is 15.3. The highest BCUT2D eigenvalue weighted by Gasteiger charge is 1.96. The Morgan fingerprint density at radius 1 is 1.09 bits per heavy atom. The van der Waals surface area contributed by atoms with Crippen LogP contribution < -0.4 is 10.9 Å². The van der Waals surface area contributed by atoms with E-state index < -0.39 is 6.03 Å². The number of hydrogen-bond acceptors (Lipinski definition) is 5. The summed E-state index contributed by atoms with van der Waals surface area (Å²) in [6, 6.07) is 9.60. The number of phenols is 1. The van der Waals surface area contributed by atoms with Crippen molar-refractivity contribution in [3.8, 4) is 5.75 Å². The van der Waals surface area contributed by atoms with Crippen LogP contribution >= 0.6 is 0 Å². The Labute approximate surface area is 126 Å². The maximum atomic E-state index is 11.4.